The van der Waals surface area contributed by atoms with E-state index in [9.17, 15) is 13.2 Å². The fraction of sp³-hybridized carbons (Fsp3) is 0.462. The number of carbonyl (C=O) groups is 1. The molecular weight excluding hydrogens is 305 g/mol. The number of hydrogen-bond donors (Lipinski definition) is 1. The predicted molar refractivity (Wildman–Crippen MR) is 74.1 cm³/mol. The third kappa shape index (κ3) is 7.94. The number of rotatable bonds is 6. The fourth-order valence-electron chi connectivity index (χ4n) is 1.55. The average molecular weight is 325 g/mol. The molecule has 6 nitrogen and oxygen atoms in total. The Morgan fingerprint density at radius 3 is 2.14 bits per heavy atom. The Labute approximate surface area is 147 Å². The summed E-state index contributed by atoms with van der Waals surface area (Å²) in [6.45, 7) is 1.20. The molecule has 0 amide bonds. The largest absolute Gasteiger partial charge is 1.00 e. The molecule has 0 aliphatic heterocycles. The Bertz CT molecular complexity index is 563. The number of benzene rings is 1. The van der Waals surface area contributed by atoms with Crippen molar-refractivity contribution in [2.75, 3.05) is 34.3 Å². The van der Waals surface area contributed by atoms with Crippen LogP contribution < -0.4 is 29.6 Å². The van der Waals surface area contributed by atoms with Gasteiger partial charge in [0.25, 0.3) is 10.1 Å². The van der Waals surface area contributed by atoms with Gasteiger partial charge in [-0.3, -0.25) is 4.55 Å². The zero-order valence-electron chi connectivity index (χ0n) is 12.9. The zero-order valence-corrected chi connectivity index (χ0v) is 15.7. The van der Waals surface area contributed by atoms with Gasteiger partial charge in [0, 0.05) is 6.42 Å². The molecule has 8 heteroatoms. The van der Waals surface area contributed by atoms with E-state index in [1.54, 1.807) is 0 Å². The van der Waals surface area contributed by atoms with E-state index in [1.807, 2.05) is 0 Å². The molecule has 0 radical (unpaired) electrons. The summed E-state index contributed by atoms with van der Waals surface area (Å²) in [7, 11) is 1.92. The Morgan fingerprint density at radius 1 is 1.19 bits per heavy atom. The van der Waals surface area contributed by atoms with E-state index in [0.29, 0.717) is 6.61 Å². The summed E-state index contributed by atoms with van der Waals surface area (Å²) >= 11 is 0. The minimum absolute atomic E-state index is 0. The SMILES string of the molecule is C[N+](C)(C)CCCOC(=O)c1ccc(S(=O)(=O)O)cc1.[Na+]. The van der Waals surface area contributed by atoms with Gasteiger partial charge in [0.1, 0.15) is 0 Å². The number of nitrogens with zero attached hydrogens (tertiary/aromatic N) is 1. The summed E-state index contributed by atoms with van der Waals surface area (Å²) in [4.78, 5) is 11.4. The minimum atomic E-state index is -4.24. The molecule has 0 heterocycles. The van der Waals surface area contributed by atoms with Gasteiger partial charge in [0.2, 0.25) is 0 Å². The molecule has 0 saturated carbocycles. The molecule has 1 aromatic rings. The van der Waals surface area contributed by atoms with Crippen molar-refractivity contribution in [1.82, 2.24) is 0 Å². The molecule has 0 unspecified atom stereocenters. The van der Waals surface area contributed by atoms with Crippen LogP contribution in [0.4, 0.5) is 0 Å². The van der Waals surface area contributed by atoms with Gasteiger partial charge >= 0.3 is 35.5 Å². The zero-order chi connectivity index (χ0) is 15.4. The van der Waals surface area contributed by atoms with Gasteiger partial charge in [0.05, 0.1) is 44.8 Å². The van der Waals surface area contributed by atoms with Crippen LogP contribution in [0.15, 0.2) is 29.2 Å². The molecular formula is C13H20NNaO5S+2. The monoisotopic (exact) mass is 325 g/mol. The summed E-state index contributed by atoms with van der Waals surface area (Å²) in [6.07, 6.45) is 0.748. The molecule has 0 atom stereocenters. The molecule has 0 aromatic heterocycles. The van der Waals surface area contributed by atoms with E-state index in [2.05, 4.69) is 21.1 Å². The Balaban J connectivity index is 0.00000400. The first kappa shape index (κ1) is 20.6. The Kier molecular flexibility index (Phi) is 8.09. The van der Waals surface area contributed by atoms with Gasteiger partial charge in [-0.05, 0) is 24.3 Å². The number of esters is 1. The molecule has 0 saturated heterocycles. The molecule has 0 aliphatic rings. The first-order valence-electron chi connectivity index (χ1n) is 6.15. The van der Waals surface area contributed by atoms with E-state index in [-0.39, 0.29) is 40.0 Å². The van der Waals surface area contributed by atoms with E-state index in [0.717, 1.165) is 29.6 Å². The molecule has 0 aliphatic carbocycles. The van der Waals surface area contributed by atoms with Crippen LogP contribution in [0, 0.1) is 0 Å². The summed E-state index contributed by atoms with van der Waals surface area (Å²) in [5.74, 6) is -0.506. The molecule has 21 heavy (non-hydrogen) atoms. The maximum absolute atomic E-state index is 11.7. The number of carbonyl (C=O) groups excluding carboxylic acids is 1. The molecule has 112 valence electrons. The van der Waals surface area contributed by atoms with E-state index < -0.39 is 16.1 Å². The van der Waals surface area contributed by atoms with Crippen LogP contribution in [0.25, 0.3) is 0 Å². The molecule has 0 bridgehead atoms. The van der Waals surface area contributed by atoms with Crippen molar-refractivity contribution in [1.29, 1.82) is 0 Å². The minimum Gasteiger partial charge on any atom is -0.462 e. The second-order valence-electron chi connectivity index (χ2n) is 5.50. The van der Waals surface area contributed by atoms with Gasteiger partial charge < -0.3 is 9.22 Å². The van der Waals surface area contributed by atoms with Crippen LogP contribution in [0.2, 0.25) is 0 Å². The van der Waals surface area contributed by atoms with Crippen LogP contribution in [0.1, 0.15) is 16.8 Å². The fourth-order valence-corrected chi connectivity index (χ4v) is 2.03. The van der Waals surface area contributed by atoms with Crippen LogP contribution >= 0.6 is 0 Å². The van der Waals surface area contributed by atoms with Crippen LogP contribution in [0.3, 0.4) is 0 Å². The second kappa shape index (κ2) is 8.26. The molecule has 1 aromatic carbocycles. The van der Waals surface area contributed by atoms with Gasteiger partial charge in [-0.1, -0.05) is 0 Å². The molecule has 1 N–H and O–H groups in total. The third-order valence-electron chi connectivity index (χ3n) is 2.59. The maximum atomic E-state index is 11.7. The van der Waals surface area contributed by atoms with Crippen molar-refractivity contribution < 1.29 is 56.5 Å². The standard InChI is InChI=1S/C13H19NO5S.Na/c1-14(2,3)9-4-10-19-13(15)11-5-7-12(8-6-11)20(16,17)18;/h5-8H,4,9-10H2,1-3H3;/q;+1/p+1. The Hall–Kier alpha value is -0.440. The maximum Gasteiger partial charge on any atom is 1.00 e. The summed E-state index contributed by atoms with van der Waals surface area (Å²) in [5, 5.41) is 0. The van der Waals surface area contributed by atoms with Crippen LogP contribution in [0.5, 0.6) is 0 Å². The second-order valence-corrected chi connectivity index (χ2v) is 6.92. The van der Waals surface area contributed by atoms with Crippen molar-refractivity contribution in [3.63, 3.8) is 0 Å². The normalized spacial score (nSPS) is 11.6. The van der Waals surface area contributed by atoms with E-state index in [1.165, 1.54) is 12.1 Å². The van der Waals surface area contributed by atoms with E-state index in [4.69, 9.17) is 9.29 Å². The van der Waals surface area contributed by atoms with Crippen molar-refractivity contribution in [2.24, 2.45) is 0 Å². The molecule has 0 spiro atoms. The smallest absolute Gasteiger partial charge is 0.462 e. The van der Waals surface area contributed by atoms with Gasteiger partial charge in [-0.15, -0.1) is 0 Å². The third-order valence-corrected chi connectivity index (χ3v) is 3.46. The topological polar surface area (TPSA) is 80.7 Å². The predicted octanol–water partition coefficient (Wildman–Crippen LogP) is -1.81. The first-order chi connectivity index (χ1) is 9.09. The average Bonchev–Trinajstić information content (AvgIpc) is 2.32. The first-order valence-corrected chi connectivity index (χ1v) is 7.59. The summed E-state index contributed by atoms with van der Waals surface area (Å²) in [6, 6.07) is 4.95. The molecule has 0 fully saturated rings. The van der Waals surface area contributed by atoms with Crippen molar-refractivity contribution in [3.05, 3.63) is 29.8 Å². The quantitative estimate of drug-likeness (QED) is 0.219. The summed E-state index contributed by atoms with van der Waals surface area (Å²) < 4.78 is 36.4. The van der Waals surface area contributed by atoms with Gasteiger partial charge in [-0.2, -0.15) is 8.42 Å². The Morgan fingerprint density at radius 2 is 1.71 bits per heavy atom. The van der Waals surface area contributed by atoms with Crippen LogP contribution in [-0.2, 0) is 14.9 Å². The number of quaternary nitrogens is 1. The van der Waals surface area contributed by atoms with Gasteiger partial charge in [-0.25, -0.2) is 4.79 Å². The number of hydrogen-bond acceptors (Lipinski definition) is 4. The van der Waals surface area contributed by atoms with E-state index >= 15 is 0 Å². The molecule has 1 rings (SSSR count). The summed E-state index contributed by atoms with van der Waals surface area (Å²) in [5.41, 5.74) is 0.252. The van der Waals surface area contributed by atoms with Crippen LogP contribution in [-0.4, -0.2) is 57.7 Å². The van der Waals surface area contributed by atoms with Gasteiger partial charge in [0.15, 0.2) is 0 Å². The van der Waals surface area contributed by atoms with Crippen molar-refractivity contribution in [2.45, 2.75) is 11.3 Å². The number of ether oxygens (including phenoxy) is 1. The van der Waals surface area contributed by atoms with Crippen molar-refractivity contribution >= 4 is 16.1 Å². The van der Waals surface area contributed by atoms with Crippen molar-refractivity contribution in [3.8, 4) is 0 Å².